The van der Waals surface area contributed by atoms with Crippen molar-refractivity contribution in [3.05, 3.63) is 52.9 Å². The van der Waals surface area contributed by atoms with Crippen LogP contribution in [0.4, 0.5) is 13.2 Å². The first-order valence-electron chi connectivity index (χ1n) is 7.96. The van der Waals surface area contributed by atoms with E-state index >= 15 is 0 Å². The summed E-state index contributed by atoms with van der Waals surface area (Å²) in [5.41, 5.74) is 0.863. The van der Waals surface area contributed by atoms with Crippen LogP contribution in [0.1, 0.15) is 31.4 Å². The lowest BCUT2D eigenvalue weighted by molar-refractivity contribution is -0.137. The highest BCUT2D eigenvalue weighted by Gasteiger charge is 2.33. The second-order valence-electron chi connectivity index (χ2n) is 5.35. The summed E-state index contributed by atoms with van der Waals surface area (Å²) >= 11 is 1.63. The highest BCUT2D eigenvalue weighted by Crippen LogP contribution is 2.36. The number of rotatable bonds is 7. The van der Waals surface area contributed by atoms with Crippen molar-refractivity contribution in [2.45, 2.75) is 26.4 Å². The zero-order valence-electron chi connectivity index (χ0n) is 14.1. The second kappa shape index (κ2) is 8.47. The van der Waals surface area contributed by atoms with Gasteiger partial charge in [-0.15, -0.1) is 11.8 Å². The Morgan fingerprint density at radius 1 is 1.32 bits per heavy atom. The van der Waals surface area contributed by atoms with Crippen molar-refractivity contribution < 1.29 is 22.7 Å². The van der Waals surface area contributed by atoms with Gasteiger partial charge in [-0.1, -0.05) is 19.1 Å². The Kier molecular flexibility index (Phi) is 6.58. The number of halogens is 3. The lowest BCUT2D eigenvalue weighted by Gasteiger charge is -2.11. The third-order valence-corrected chi connectivity index (χ3v) is 4.41. The van der Waals surface area contributed by atoms with Crippen molar-refractivity contribution in [3.8, 4) is 0 Å². The maximum atomic E-state index is 13.0. The third-order valence-electron chi connectivity index (χ3n) is 3.65. The highest BCUT2D eigenvalue weighted by atomic mass is 32.2. The molecule has 0 spiro atoms. The summed E-state index contributed by atoms with van der Waals surface area (Å²) in [6.45, 7) is 4.23. The van der Waals surface area contributed by atoms with E-state index in [0.717, 1.165) is 17.9 Å². The monoisotopic (exact) mass is 371 g/mol. The van der Waals surface area contributed by atoms with Gasteiger partial charge < -0.3 is 10.1 Å². The van der Waals surface area contributed by atoms with Crippen molar-refractivity contribution in [1.82, 2.24) is 5.32 Å². The number of allylic oxidation sites excluding steroid dienone is 2. The van der Waals surface area contributed by atoms with Crippen LogP contribution in [-0.4, -0.2) is 24.0 Å². The smallest absolute Gasteiger partial charge is 0.416 e. The fourth-order valence-corrected chi connectivity index (χ4v) is 2.96. The molecule has 0 fully saturated rings. The van der Waals surface area contributed by atoms with Gasteiger partial charge >= 0.3 is 6.18 Å². The molecule has 0 heterocycles. The minimum absolute atomic E-state index is 0.267. The molecule has 2 rings (SSSR count). The predicted molar refractivity (Wildman–Crippen MR) is 93.8 cm³/mol. The number of ketones is 1. The molecular formula is C18H20F3NO2S. The standard InChI is InChI=1S/C18H20F3NO2S/c1-3-24-10-13-9-15(22-11-25-4-2)16(17(13)23)12-6-5-7-14(8-12)18(19,20)21/h5-8,10,22H,3-4,9,11H2,1-2H3/b13-10-. The second-order valence-corrected chi connectivity index (χ2v) is 6.62. The summed E-state index contributed by atoms with van der Waals surface area (Å²) in [6, 6.07) is 4.87. The van der Waals surface area contributed by atoms with Gasteiger partial charge in [-0.2, -0.15) is 13.2 Å². The predicted octanol–water partition coefficient (Wildman–Crippen LogP) is 4.61. The molecule has 0 aromatic heterocycles. The van der Waals surface area contributed by atoms with Crippen LogP contribution in [0, 0.1) is 0 Å². The topological polar surface area (TPSA) is 38.3 Å². The highest BCUT2D eigenvalue weighted by molar-refractivity contribution is 7.99. The van der Waals surface area contributed by atoms with Gasteiger partial charge in [0.25, 0.3) is 0 Å². The average Bonchev–Trinajstić information content (AvgIpc) is 2.88. The fourth-order valence-electron chi connectivity index (χ4n) is 2.48. The molecule has 136 valence electrons. The summed E-state index contributed by atoms with van der Waals surface area (Å²) in [7, 11) is 0. The molecule has 1 aromatic carbocycles. The summed E-state index contributed by atoms with van der Waals surface area (Å²) in [4.78, 5) is 12.7. The normalized spacial score (nSPS) is 16.7. The van der Waals surface area contributed by atoms with Crippen molar-refractivity contribution >= 4 is 23.1 Å². The van der Waals surface area contributed by atoms with Gasteiger partial charge in [-0.3, -0.25) is 4.79 Å². The Hall–Kier alpha value is -1.89. The van der Waals surface area contributed by atoms with Gasteiger partial charge in [0, 0.05) is 23.3 Å². The number of hydrogen-bond donors (Lipinski definition) is 1. The van der Waals surface area contributed by atoms with Crippen LogP contribution in [-0.2, 0) is 15.7 Å². The molecule has 1 N–H and O–H groups in total. The maximum Gasteiger partial charge on any atom is 0.416 e. The SMILES string of the molecule is CCO/C=C1/CC(NCSCC)=C(c2cccc(C(F)(F)F)c2)C1=O. The van der Waals surface area contributed by atoms with E-state index in [1.165, 1.54) is 18.4 Å². The lowest BCUT2D eigenvalue weighted by atomic mass is 10.00. The van der Waals surface area contributed by atoms with E-state index in [4.69, 9.17) is 4.74 Å². The molecule has 1 aromatic rings. The van der Waals surface area contributed by atoms with Crippen LogP contribution >= 0.6 is 11.8 Å². The average molecular weight is 371 g/mol. The lowest BCUT2D eigenvalue weighted by Crippen LogP contribution is -2.13. The van der Waals surface area contributed by atoms with Gasteiger partial charge in [0.05, 0.1) is 24.3 Å². The van der Waals surface area contributed by atoms with E-state index in [9.17, 15) is 18.0 Å². The first-order chi connectivity index (χ1) is 11.9. The first kappa shape index (κ1) is 19.4. The zero-order chi connectivity index (χ0) is 18.4. The molecule has 0 bridgehead atoms. The maximum absolute atomic E-state index is 13.0. The molecule has 0 atom stereocenters. The van der Waals surface area contributed by atoms with Crippen LogP contribution in [0.2, 0.25) is 0 Å². The molecule has 0 unspecified atom stereocenters. The molecular weight excluding hydrogens is 351 g/mol. The van der Waals surface area contributed by atoms with Crippen LogP contribution in [0.3, 0.4) is 0 Å². The van der Waals surface area contributed by atoms with Crippen molar-refractivity contribution in [3.63, 3.8) is 0 Å². The molecule has 25 heavy (non-hydrogen) atoms. The zero-order valence-corrected chi connectivity index (χ0v) is 14.9. The van der Waals surface area contributed by atoms with Crippen molar-refractivity contribution in [1.29, 1.82) is 0 Å². The summed E-state index contributed by atoms with van der Waals surface area (Å²) in [5.74, 6) is 1.19. The van der Waals surface area contributed by atoms with Crippen LogP contribution < -0.4 is 5.32 Å². The van der Waals surface area contributed by atoms with E-state index in [1.807, 2.05) is 6.92 Å². The third kappa shape index (κ3) is 4.81. The Balaban J connectivity index is 2.40. The summed E-state index contributed by atoms with van der Waals surface area (Å²) in [6.07, 6.45) is -2.72. The number of ether oxygens (including phenoxy) is 1. The van der Waals surface area contributed by atoms with Crippen molar-refractivity contribution in [2.24, 2.45) is 0 Å². The van der Waals surface area contributed by atoms with E-state index in [1.54, 1.807) is 18.7 Å². The van der Waals surface area contributed by atoms with Crippen molar-refractivity contribution in [2.75, 3.05) is 18.2 Å². The van der Waals surface area contributed by atoms with Crippen LogP contribution in [0.5, 0.6) is 0 Å². The number of alkyl halides is 3. The van der Waals surface area contributed by atoms with E-state index in [2.05, 4.69) is 5.32 Å². The quantitative estimate of drug-likeness (QED) is 0.329. The fraction of sp³-hybridized carbons (Fsp3) is 0.389. The molecule has 0 saturated carbocycles. The molecule has 1 aliphatic carbocycles. The molecule has 7 heteroatoms. The number of thioether (sulfide) groups is 1. The van der Waals surface area contributed by atoms with Gasteiger partial charge in [-0.05, 0) is 30.4 Å². The molecule has 0 amide bonds. The summed E-state index contributed by atoms with van der Waals surface area (Å²) < 4.78 is 44.2. The van der Waals surface area contributed by atoms with Gasteiger partial charge in [0.15, 0.2) is 5.78 Å². The van der Waals surface area contributed by atoms with E-state index in [-0.39, 0.29) is 16.9 Å². The summed E-state index contributed by atoms with van der Waals surface area (Å²) in [5, 5.41) is 3.17. The number of carbonyl (C=O) groups excluding carboxylic acids is 1. The van der Waals surface area contributed by atoms with Gasteiger partial charge in [-0.25, -0.2) is 0 Å². The van der Waals surface area contributed by atoms with Gasteiger partial charge in [0.2, 0.25) is 0 Å². The largest absolute Gasteiger partial charge is 0.501 e. The molecule has 1 aliphatic rings. The van der Waals surface area contributed by atoms with E-state index in [0.29, 0.717) is 30.2 Å². The minimum Gasteiger partial charge on any atom is -0.501 e. The Morgan fingerprint density at radius 2 is 2.08 bits per heavy atom. The Morgan fingerprint density at radius 3 is 2.72 bits per heavy atom. The van der Waals surface area contributed by atoms with Gasteiger partial charge in [0.1, 0.15) is 0 Å². The number of Topliss-reactive ketones (excluding diaryl/α,β-unsaturated/α-hetero) is 1. The number of benzene rings is 1. The first-order valence-corrected chi connectivity index (χ1v) is 9.11. The number of carbonyl (C=O) groups is 1. The number of nitrogens with one attached hydrogen (secondary N) is 1. The number of hydrogen-bond acceptors (Lipinski definition) is 4. The Bertz CT molecular complexity index is 696. The molecule has 3 nitrogen and oxygen atoms in total. The minimum atomic E-state index is -4.45. The van der Waals surface area contributed by atoms with Crippen LogP contribution in [0.25, 0.3) is 5.57 Å². The molecule has 0 saturated heterocycles. The molecule has 0 radical (unpaired) electrons. The molecule has 0 aliphatic heterocycles. The van der Waals surface area contributed by atoms with Crippen LogP contribution in [0.15, 0.2) is 41.8 Å². The van der Waals surface area contributed by atoms with E-state index < -0.39 is 11.7 Å². The Labute approximate surface area is 149 Å².